The van der Waals surface area contributed by atoms with Gasteiger partial charge in [-0.25, -0.2) is 13.1 Å². The second-order valence-corrected chi connectivity index (χ2v) is 5.91. The molecule has 7 nitrogen and oxygen atoms in total. The number of rotatable bonds is 6. The first-order chi connectivity index (χ1) is 9.54. The molecule has 2 rings (SSSR count). The lowest BCUT2D eigenvalue weighted by molar-refractivity contribution is 0.184. The molecular weight excluding hydrogens is 280 g/mol. The number of nitrogens with zero attached hydrogens (tertiary/aromatic N) is 1. The van der Waals surface area contributed by atoms with E-state index in [9.17, 15) is 8.42 Å². The maximum Gasteiger partial charge on any atom is 0.246 e. The van der Waals surface area contributed by atoms with E-state index in [-0.39, 0.29) is 17.3 Å². The van der Waals surface area contributed by atoms with Crippen molar-refractivity contribution in [3.63, 3.8) is 0 Å². The van der Waals surface area contributed by atoms with E-state index in [1.165, 1.54) is 6.20 Å². The van der Waals surface area contributed by atoms with Crippen LogP contribution in [-0.4, -0.2) is 25.7 Å². The Morgan fingerprint density at radius 1 is 1.35 bits per heavy atom. The molecule has 4 N–H and O–H groups in total. The molecule has 0 atom stereocenters. The van der Waals surface area contributed by atoms with Gasteiger partial charge in [-0.05, 0) is 11.1 Å². The van der Waals surface area contributed by atoms with Crippen LogP contribution in [0, 0.1) is 0 Å². The largest absolute Gasteiger partial charge is 0.383 e. The van der Waals surface area contributed by atoms with Gasteiger partial charge < -0.3 is 10.5 Å². The number of aromatic amines is 1. The molecule has 0 saturated heterocycles. The minimum Gasteiger partial charge on any atom is -0.383 e. The summed E-state index contributed by atoms with van der Waals surface area (Å²) in [5.74, 6) is 0.0164. The van der Waals surface area contributed by atoms with E-state index in [4.69, 9.17) is 10.5 Å². The van der Waals surface area contributed by atoms with Crippen LogP contribution < -0.4 is 10.5 Å². The average molecular weight is 296 g/mol. The maximum absolute atomic E-state index is 12.1. The molecule has 8 heteroatoms. The molecule has 108 valence electrons. The van der Waals surface area contributed by atoms with Crippen LogP contribution in [0.5, 0.6) is 0 Å². The fraction of sp³-hybridized carbons (Fsp3) is 0.250. The van der Waals surface area contributed by atoms with Crippen LogP contribution in [0.4, 0.5) is 5.82 Å². The Morgan fingerprint density at radius 2 is 2.05 bits per heavy atom. The van der Waals surface area contributed by atoms with Crippen molar-refractivity contribution in [3.05, 3.63) is 41.6 Å². The summed E-state index contributed by atoms with van der Waals surface area (Å²) in [6.45, 7) is 0.582. The van der Waals surface area contributed by atoms with Crippen molar-refractivity contribution in [2.75, 3.05) is 12.8 Å². The van der Waals surface area contributed by atoms with Gasteiger partial charge in [0.1, 0.15) is 10.7 Å². The Morgan fingerprint density at radius 3 is 2.65 bits per heavy atom. The normalized spacial score (nSPS) is 11.7. The highest BCUT2D eigenvalue weighted by molar-refractivity contribution is 7.89. The van der Waals surface area contributed by atoms with Gasteiger partial charge in [-0.3, -0.25) is 5.10 Å². The number of sulfonamides is 1. The molecule has 0 aliphatic rings. The molecule has 0 fully saturated rings. The number of hydrogen-bond donors (Lipinski definition) is 3. The molecule has 0 aliphatic carbocycles. The summed E-state index contributed by atoms with van der Waals surface area (Å²) in [5, 5.41) is 5.99. The quantitative estimate of drug-likeness (QED) is 0.723. The smallest absolute Gasteiger partial charge is 0.246 e. The standard InChI is InChI=1S/C12H16N4O3S/c1-19-8-10-5-3-2-4-9(10)6-15-20(17,18)11-7-14-16-12(11)13/h2-5,7,15H,6,8H2,1H3,(H3,13,14,16). The summed E-state index contributed by atoms with van der Waals surface area (Å²) >= 11 is 0. The summed E-state index contributed by atoms with van der Waals surface area (Å²) in [6.07, 6.45) is 1.18. The highest BCUT2D eigenvalue weighted by Crippen LogP contribution is 2.15. The van der Waals surface area contributed by atoms with Crippen molar-refractivity contribution >= 4 is 15.8 Å². The number of anilines is 1. The fourth-order valence-electron chi connectivity index (χ4n) is 1.78. The van der Waals surface area contributed by atoms with Crippen LogP contribution in [0.15, 0.2) is 35.4 Å². The minimum absolute atomic E-state index is 0.0164. The molecule has 1 aromatic heterocycles. The summed E-state index contributed by atoms with van der Waals surface area (Å²) in [5.41, 5.74) is 7.29. The predicted molar refractivity (Wildman–Crippen MR) is 74.2 cm³/mol. The number of nitrogen functional groups attached to an aromatic ring is 1. The van der Waals surface area contributed by atoms with Crippen molar-refractivity contribution in [2.24, 2.45) is 0 Å². The number of H-pyrrole nitrogens is 1. The topological polar surface area (TPSA) is 110 Å². The summed E-state index contributed by atoms with van der Waals surface area (Å²) < 4.78 is 31.7. The van der Waals surface area contributed by atoms with Gasteiger partial charge in [0.25, 0.3) is 0 Å². The van der Waals surface area contributed by atoms with Crippen molar-refractivity contribution in [1.82, 2.24) is 14.9 Å². The van der Waals surface area contributed by atoms with Crippen molar-refractivity contribution in [3.8, 4) is 0 Å². The SMILES string of the molecule is COCc1ccccc1CNS(=O)(=O)c1cn[nH]c1N. The summed E-state index contributed by atoms with van der Waals surface area (Å²) in [4.78, 5) is -0.0540. The third kappa shape index (κ3) is 3.16. The van der Waals surface area contributed by atoms with Gasteiger partial charge in [-0.1, -0.05) is 24.3 Å². The highest BCUT2D eigenvalue weighted by atomic mass is 32.2. The van der Waals surface area contributed by atoms with Crippen LogP contribution in [0.25, 0.3) is 0 Å². The first-order valence-electron chi connectivity index (χ1n) is 5.89. The number of hydrogen-bond acceptors (Lipinski definition) is 5. The first-order valence-corrected chi connectivity index (χ1v) is 7.37. The van der Waals surface area contributed by atoms with Crippen LogP contribution in [0.1, 0.15) is 11.1 Å². The number of nitrogens with one attached hydrogen (secondary N) is 2. The van der Waals surface area contributed by atoms with E-state index >= 15 is 0 Å². The fourth-order valence-corrected chi connectivity index (χ4v) is 2.80. The molecule has 0 unspecified atom stereocenters. The van der Waals surface area contributed by atoms with Gasteiger partial charge in [-0.15, -0.1) is 0 Å². The third-order valence-electron chi connectivity index (χ3n) is 2.79. The number of methoxy groups -OCH3 is 1. The molecule has 0 amide bonds. The molecule has 2 aromatic rings. The lowest BCUT2D eigenvalue weighted by Crippen LogP contribution is -2.24. The molecule has 0 aliphatic heterocycles. The second kappa shape index (κ2) is 6.04. The number of benzene rings is 1. The molecule has 0 bridgehead atoms. The maximum atomic E-state index is 12.1. The lowest BCUT2D eigenvalue weighted by Gasteiger charge is -2.10. The van der Waals surface area contributed by atoms with Crippen LogP contribution in [-0.2, 0) is 27.9 Å². The monoisotopic (exact) mass is 296 g/mol. The average Bonchev–Trinajstić information content (AvgIpc) is 2.85. The van der Waals surface area contributed by atoms with Crippen LogP contribution >= 0.6 is 0 Å². The van der Waals surface area contributed by atoms with Crippen LogP contribution in [0.2, 0.25) is 0 Å². The summed E-state index contributed by atoms with van der Waals surface area (Å²) in [7, 11) is -2.10. The number of nitrogens with two attached hydrogens (primary N) is 1. The molecule has 20 heavy (non-hydrogen) atoms. The van der Waals surface area contributed by atoms with Crippen LogP contribution in [0.3, 0.4) is 0 Å². The van der Waals surface area contributed by atoms with Gasteiger partial charge in [0.15, 0.2) is 0 Å². The Hall–Kier alpha value is -1.90. The van der Waals surface area contributed by atoms with Crippen molar-refractivity contribution < 1.29 is 13.2 Å². The van der Waals surface area contributed by atoms with E-state index in [0.29, 0.717) is 6.61 Å². The minimum atomic E-state index is -3.69. The zero-order valence-electron chi connectivity index (χ0n) is 11.0. The van der Waals surface area contributed by atoms with E-state index in [2.05, 4.69) is 14.9 Å². The van der Waals surface area contributed by atoms with Gasteiger partial charge in [0.2, 0.25) is 10.0 Å². The molecule has 0 spiro atoms. The number of aromatic nitrogens is 2. The molecular formula is C12H16N4O3S. The van der Waals surface area contributed by atoms with E-state index in [1.807, 2.05) is 24.3 Å². The second-order valence-electron chi connectivity index (χ2n) is 4.17. The molecule has 1 aromatic carbocycles. The van der Waals surface area contributed by atoms with Crippen molar-refractivity contribution in [2.45, 2.75) is 18.0 Å². The Bertz CT molecular complexity index is 682. The first kappa shape index (κ1) is 14.5. The Balaban J connectivity index is 2.15. The van der Waals surface area contributed by atoms with Gasteiger partial charge in [0.05, 0.1) is 12.8 Å². The molecule has 0 saturated carbocycles. The van der Waals surface area contributed by atoms with E-state index in [0.717, 1.165) is 11.1 Å². The molecule has 1 heterocycles. The Labute approximate surface area is 117 Å². The molecule has 0 radical (unpaired) electrons. The summed E-state index contributed by atoms with van der Waals surface area (Å²) in [6, 6.07) is 7.45. The number of ether oxygens (including phenoxy) is 1. The zero-order valence-corrected chi connectivity index (χ0v) is 11.8. The predicted octanol–water partition coefficient (Wildman–Crippen LogP) is 0.617. The van der Waals surface area contributed by atoms with E-state index < -0.39 is 10.0 Å². The van der Waals surface area contributed by atoms with E-state index in [1.54, 1.807) is 7.11 Å². The van der Waals surface area contributed by atoms with Crippen molar-refractivity contribution in [1.29, 1.82) is 0 Å². The van der Waals surface area contributed by atoms with Gasteiger partial charge in [-0.2, -0.15) is 5.10 Å². The van der Waals surface area contributed by atoms with Gasteiger partial charge >= 0.3 is 0 Å². The van der Waals surface area contributed by atoms with Gasteiger partial charge in [0, 0.05) is 13.7 Å². The third-order valence-corrected chi connectivity index (χ3v) is 4.22. The lowest BCUT2D eigenvalue weighted by atomic mass is 10.1. The highest BCUT2D eigenvalue weighted by Gasteiger charge is 2.19. The zero-order chi connectivity index (χ0) is 14.6. The Kier molecular flexibility index (Phi) is 4.38.